The van der Waals surface area contributed by atoms with Crippen LogP contribution in [0, 0.1) is 0 Å². The van der Waals surface area contributed by atoms with Crippen molar-refractivity contribution >= 4 is 60.7 Å². The van der Waals surface area contributed by atoms with Crippen LogP contribution in [0.15, 0.2) is 219 Å². The van der Waals surface area contributed by atoms with E-state index in [4.69, 9.17) is 9.97 Å². The van der Waals surface area contributed by atoms with Crippen LogP contribution in [0.3, 0.4) is 0 Å². The maximum absolute atomic E-state index is 4.95. The highest BCUT2D eigenvalue weighted by Crippen LogP contribution is 2.41. The van der Waals surface area contributed by atoms with E-state index >= 15 is 0 Å². The summed E-state index contributed by atoms with van der Waals surface area (Å²) in [5.74, 6) is 0.610. The van der Waals surface area contributed by atoms with Gasteiger partial charge in [0.15, 0.2) is 0 Å². The zero-order valence-electron chi connectivity index (χ0n) is 31.6. The van der Waals surface area contributed by atoms with E-state index < -0.39 is 0 Å². The zero-order valence-corrected chi connectivity index (χ0v) is 31.6. The minimum atomic E-state index is 0.610. The summed E-state index contributed by atoms with van der Waals surface area (Å²) >= 11 is 0. The molecule has 4 heteroatoms. The number of benzene rings is 9. The number of anilines is 3. The van der Waals surface area contributed by atoms with Gasteiger partial charge in [0.25, 0.3) is 0 Å². The van der Waals surface area contributed by atoms with Crippen molar-refractivity contribution in [3.8, 4) is 39.1 Å². The molecule has 11 rings (SSSR count). The molecule has 2 aromatic heterocycles. The van der Waals surface area contributed by atoms with E-state index in [0.29, 0.717) is 5.95 Å². The minimum Gasteiger partial charge on any atom is -0.309 e. The molecular formula is C54H36N4. The van der Waals surface area contributed by atoms with Gasteiger partial charge in [-0.25, -0.2) is 9.97 Å². The Morgan fingerprint density at radius 2 is 0.931 bits per heavy atom. The molecule has 0 aliphatic heterocycles. The number of aromatic nitrogens is 3. The summed E-state index contributed by atoms with van der Waals surface area (Å²) in [5.41, 5.74) is 12.3. The maximum Gasteiger partial charge on any atom is 0.234 e. The summed E-state index contributed by atoms with van der Waals surface area (Å²) in [7, 11) is 0. The Kier molecular flexibility index (Phi) is 8.11. The lowest BCUT2D eigenvalue weighted by atomic mass is 9.94. The van der Waals surface area contributed by atoms with Crippen molar-refractivity contribution in [3.63, 3.8) is 0 Å². The molecule has 2 heterocycles. The first kappa shape index (κ1) is 33.5. The molecule has 9 aromatic carbocycles. The van der Waals surface area contributed by atoms with E-state index in [1.165, 1.54) is 55.0 Å². The monoisotopic (exact) mass is 740 g/mol. The Hall–Kier alpha value is -7.82. The highest BCUT2D eigenvalue weighted by molar-refractivity contribution is 6.12. The van der Waals surface area contributed by atoms with Gasteiger partial charge in [0, 0.05) is 45.2 Å². The lowest BCUT2D eigenvalue weighted by Gasteiger charge is -2.25. The van der Waals surface area contributed by atoms with Crippen molar-refractivity contribution in [2.45, 2.75) is 0 Å². The predicted octanol–water partition coefficient (Wildman–Crippen LogP) is 14.4. The van der Waals surface area contributed by atoms with Gasteiger partial charge in [-0.1, -0.05) is 170 Å². The maximum atomic E-state index is 4.95. The van der Waals surface area contributed by atoms with Crippen molar-refractivity contribution < 1.29 is 0 Å². The van der Waals surface area contributed by atoms with Crippen LogP contribution < -0.4 is 4.90 Å². The summed E-state index contributed by atoms with van der Waals surface area (Å²) in [6, 6.07) is 73.6. The van der Waals surface area contributed by atoms with E-state index in [1.54, 1.807) is 0 Å². The number of para-hydroxylation sites is 1. The van der Waals surface area contributed by atoms with Crippen LogP contribution in [0.25, 0.3) is 82.4 Å². The highest BCUT2D eigenvalue weighted by Gasteiger charge is 2.20. The van der Waals surface area contributed by atoms with Crippen LogP contribution >= 0.6 is 0 Å². The van der Waals surface area contributed by atoms with Gasteiger partial charge in [0.2, 0.25) is 5.95 Å². The second-order valence-corrected chi connectivity index (χ2v) is 14.6. The third-order valence-corrected chi connectivity index (χ3v) is 11.3. The van der Waals surface area contributed by atoms with E-state index in [1.807, 2.05) is 30.6 Å². The van der Waals surface area contributed by atoms with Gasteiger partial charge in [-0.2, -0.15) is 0 Å². The molecule has 4 nitrogen and oxygen atoms in total. The van der Waals surface area contributed by atoms with Crippen LogP contribution in [-0.2, 0) is 0 Å². The average molecular weight is 741 g/mol. The van der Waals surface area contributed by atoms with Crippen molar-refractivity contribution in [1.29, 1.82) is 0 Å². The highest BCUT2D eigenvalue weighted by atomic mass is 15.3. The SMILES string of the molecule is c1ccc(-c2cnc(N(c3ccc(-c4ccccc4-c4ccc5c6ccccc6n(-c6cccc7ccccc67)c5c4)cc3)c3cccc4ccccc34)nc2)cc1. The first-order valence-corrected chi connectivity index (χ1v) is 19.7. The summed E-state index contributed by atoms with van der Waals surface area (Å²) in [5, 5.41) is 7.23. The molecule has 0 N–H and O–H groups in total. The predicted molar refractivity (Wildman–Crippen MR) is 242 cm³/mol. The standard InChI is InChI=1S/C54H36N4/c1-2-14-37(15-3-1)42-35-55-54(56-36-42)57(50-26-12-18-38-16-4-6-22-46(38)50)43-31-28-40(29-32-43)44-20-8-9-21-45(44)41-30-33-49-48-24-10-11-25-52(48)58(53(49)34-41)51-27-13-19-39-17-5-7-23-47(39)51/h1-36H. The molecule has 0 fully saturated rings. The second kappa shape index (κ2) is 14.0. The topological polar surface area (TPSA) is 34.0 Å². The molecule has 0 aliphatic carbocycles. The van der Waals surface area contributed by atoms with Crippen molar-refractivity contribution in [1.82, 2.24) is 14.5 Å². The number of rotatable bonds is 7. The Balaban J connectivity index is 1.02. The lowest BCUT2D eigenvalue weighted by molar-refractivity contribution is 1.09. The Morgan fingerprint density at radius 3 is 1.71 bits per heavy atom. The average Bonchev–Trinajstić information content (AvgIpc) is 3.63. The molecule has 58 heavy (non-hydrogen) atoms. The summed E-state index contributed by atoms with van der Waals surface area (Å²) in [4.78, 5) is 12.1. The molecule has 272 valence electrons. The number of hydrogen-bond donors (Lipinski definition) is 0. The van der Waals surface area contributed by atoms with Crippen molar-refractivity contribution in [2.24, 2.45) is 0 Å². The molecule has 0 unspecified atom stereocenters. The van der Waals surface area contributed by atoms with Gasteiger partial charge in [0.1, 0.15) is 0 Å². The molecule has 0 amide bonds. The zero-order chi connectivity index (χ0) is 38.4. The first-order valence-electron chi connectivity index (χ1n) is 19.7. The Labute approximate surface area is 336 Å². The second-order valence-electron chi connectivity index (χ2n) is 14.6. The normalized spacial score (nSPS) is 11.4. The van der Waals surface area contributed by atoms with Crippen LogP contribution in [0.2, 0.25) is 0 Å². The molecule has 0 aliphatic rings. The minimum absolute atomic E-state index is 0.610. The lowest BCUT2D eigenvalue weighted by Crippen LogP contribution is -2.13. The van der Waals surface area contributed by atoms with Gasteiger partial charge in [-0.15, -0.1) is 0 Å². The molecule has 0 spiro atoms. The Bertz CT molecular complexity index is 3260. The quantitative estimate of drug-likeness (QED) is 0.163. The summed E-state index contributed by atoms with van der Waals surface area (Å²) in [6.45, 7) is 0. The van der Waals surface area contributed by atoms with Gasteiger partial charge in [-0.05, 0) is 75.0 Å². The number of hydrogen-bond acceptors (Lipinski definition) is 3. The summed E-state index contributed by atoms with van der Waals surface area (Å²) < 4.78 is 2.43. The molecule has 11 aromatic rings. The first-order chi connectivity index (χ1) is 28.8. The number of fused-ring (bicyclic) bond motifs is 5. The van der Waals surface area contributed by atoms with Gasteiger partial charge in [-0.3, -0.25) is 4.90 Å². The molecule has 0 saturated heterocycles. The smallest absolute Gasteiger partial charge is 0.234 e. The van der Waals surface area contributed by atoms with Gasteiger partial charge >= 0.3 is 0 Å². The molecule has 0 saturated carbocycles. The van der Waals surface area contributed by atoms with Gasteiger partial charge < -0.3 is 4.57 Å². The molecule has 0 radical (unpaired) electrons. The van der Waals surface area contributed by atoms with E-state index in [9.17, 15) is 0 Å². The molecule has 0 atom stereocenters. The summed E-state index contributed by atoms with van der Waals surface area (Å²) in [6.07, 6.45) is 3.83. The van der Waals surface area contributed by atoms with Gasteiger partial charge in [0.05, 0.1) is 22.4 Å². The van der Waals surface area contributed by atoms with E-state index in [2.05, 4.69) is 198 Å². The molecule has 0 bridgehead atoms. The Morgan fingerprint density at radius 1 is 0.362 bits per heavy atom. The third kappa shape index (κ3) is 5.70. The number of nitrogens with zero attached hydrogens (tertiary/aromatic N) is 4. The van der Waals surface area contributed by atoms with Crippen LogP contribution in [-0.4, -0.2) is 14.5 Å². The van der Waals surface area contributed by atoms with Crippen molar-refractivity contribution in [3.05, 3.63) is 219 Å². The molecular weight excluding hydrogens is 705 g/mol. The van der Waals surface area contributed by atoms with E-state index in [-0.39, 0.29) is 0 Å². The largest absolute Gasteiger partial charge is 0.309 e. The van der Waals surface area contributed by atoms with E-state index in [0.717, 1.165) is 38.8 Å². The fourth-order valence-electron chi connectivity index (χ4n) is 8.56. The van der Waals surface area contributed by atoms with Crippen LogP contribution in [0.5, 0.6) is 0 Å². The fourth-order valence-corrected chi connectivity index (χ4v) is 8.56. The fraction of sp³-hybridized carbons (Fsp3) is 0. The van der Waals surface area contributed by atoms with Crippen molar-refractivity contribution in [2.75, 3.05) is 4.90 Å². The van der Waals surface area contributed by atoms with Crippen LogP contribution in [0.4, 0.5) is 17.3 Å². The third-order valence-electron chi connectivity index (χ3n) is 11.3. The van der Waals surface area contributed by atoms with Crippen LogP contribution in [0.1, 0.15) is 0 Å².